The standard InChI is InChI=1S/C13H16ClNO2/c1-17-10-4-5-11-12(8-10)9(3-2-6-14)7-13(11)15-16/h4-5,8-9,16H,2-3,6-7H2,1H3/b15-13-/t9-/m1/s1. The van der Waals surface area contributed by atoms with Gasteiger partial charge in [0.1, 0.15) is 5.75 Å². The molecule has 17 heavy (non-hydrogen) atoms. The number of benzene rings is 1. The van der Waals surface area contributed by atoms with Crippen molar-refractivity contribution in [2.45, 2.75) is 25.2 Å². The van der Waals surface area contributed by atoms with Crippen LogP contribution < -0.4 is 4.74 Å². The molecule has 0 aliphatic heterocycles. The molecule has 0 fully saturated rings. The Morgan fingerprint density at radius 3 is 3.00 bits per heavy atom. The molecule has 3 nitrogen and oxygen atoms in total. The SMILES string of the molecule is COc1ccc2c(c1)[C@H](CCCCl)C/C2=N/O. The van der Waals surface area contributed by atoms with Crippen LogP contribution in [0.25, 0.3) is 0 Å². The largest absolute Gasteiger partial charge is 0.497 e. The summed E-state index contributed by atoms with van der Waals surface area (Å²) in [4.78, 5) is 0. The van der Waals surface area contributed by atoms with E-state index in [1.807, 2.05) is 18.2 Å². The average Bonchev–Trinajstić information content (AvgIpc) is 2.73. The molecule has 0 radical (unpaired) electrons. The Hall–Kier alpha value is -1.22. The molecule has 0 spiro atoms. The predicted molar refractivity (Wildman–Crippen MR) is 68.6 cm³/mol. The normalized spacial score (nSPS) is 20.6. The van der Waals surface area contributed by atoms with E-state index in [-0.39, 0.29) is 0 Å². The lowest BCUT2D eigenvalue weighted by Crippen LogP contribution is -1.95. The number of oxime groups is 1. The molecular formula is C13H16ClNO2. The number of nitrogens with zero attached hydrogens (tertiary/aromatic N) is 1. The van der Waals surface area contributed by atoms with Crippen molar-refractivity contribution in [3.63, 3.8) is 0 Å². The van der Waals surface area contributed by atoms with E-state index in [0.29, 0.717) is 11.8 Å². The number of hydrogen-bond acceptors (Lipinski definition) is 3. The average molecular weight is 254 g/mol. The van der Waals surface area contributed by atoms with Crippen molar-refractivity contribution in [2.75, 3.05) is 13.0 Å². The number of ether oxygens (including phenoxy) is 1. The van der Waals surface area contributed by atoms with Gasteiger partial charge in [0.25, 0.3) is 0 Å². The van der Waals surface area contributed by atoms with Crippen LogP contribution in [0.2, 0.25) is 0 Å². The van der Waals surface area contributed by atoms with E-state index in [1.54, 1.807) is 7.11 Å². The van der Waals surface area contributed by atoms with E-state index in [1.165, 1.54) is 5.56 Å². The summed E-state index contributed by atoms with van der Waals surface area (Å²) in [5, 5.41) is 12.4. The molecule has 1 aromatic rings. The van der Waals surface area contributed by atoms with Gasteiger partial charge in [0, 0.05) is 17.9 Å². The smallest absolute Gasteiger partial charge is 0.119 e. The van der Waals surface area contributed by atoms with E-state index in [0.717, 1.165) is 36.3 Å². The molecule has 1 aliphatic rings. The maximum absolute atomic E-state index is 9.01. The third-order valence-corrected chi connectivity index (χ3v) is 3.52. The lowest BCUT2D eigenvalue weighted by molar-refractivity contribution is 0.318. The summed E-state index contributed by atoms with van der Waals surface area (Å²) in [6.45, 7) is 0. The Labute approximate surface area is 106 Å². The molecule has 0 unspecified atom stereocenters. The van der Waals surface area contributed by atoms with Gasteiger partial charge in [-0.1, -0.05) is 5.16 Å². The molecule has 0 aromatic heterocycles. The summed E-state index contributed by atoms with van der Waals surface area (Å²) in [6, 6.07) is 5.89. The molecule has 1 aromatic carbocycles. The van der Waals surface area contributed by atoms with Gasteiger partial charge in [0.2, 0.25) is 0 Å². The zero-order valence-electron chi connectivity index (χ0n) is 9.82. The molecule has 0 amide bonds. The molecule has 1 atom stereocenters. The van der Waals surface area contributed by atoms with E-state index >= 15 is 0 Å². The molecule has 1 aliphatic carbocycles. The van der Waals surface area contributed by atoms with Crippen LogP contribution in [0, 0.1) is 0 Å². The van der Waals surface area contributed by atoms with E-state index in [2.05, 4.69) is 5.16 Å². The summed E-state index contributed by atoms with van der Waals surface area (Å²) < 4.78 is 5.23. The van der Waals surface area contributed by atoms with Crippen molar-refractivity contribution in [3.05, 3.63) is 29.3 Å². The lowest BCUT2D eigenvalue weighted by atomic mass is 9.96. The second-order valence-corrected chi connectivity index (χ2v) is 4.61. The van der Waals surface area contributed by atoms with E-state index in [4.69, 9.17) is 21.5 Å². The first-order valence-corrected chi connectivity index (χ1v) is 6.28. The number of methoxy groups -OCH3 is 1. The van der Waals surface area contributed by atoms with Crippen LogP contribution >= 0.6 is 11.6 Å². The predicted octanol–water partition coefficient (Wildman–Crippen LogP) is 3.38. The van der Waals surface area contributed by atoms with Crippen molar-refractivity contribution in [1.82, 2.24) is 0 Å². The molecule has 0 bridgehead atoms. The van der Waals surface area contributed by atoms with Crippen LogP contribution in [-0.4, -0.2) is 23.9 Å². The van der Waals surface area contributed by atoms with Crippen molar-refractivity contribution in [1.29, 1.82) is 0 Å². The summed E-state index contributed by atoms with van der Waals surface area (Å²) in [5.74, 6) is 1.91. The number of alkyl halides is 1. The fraction of sp³-hybridized carbons (Fsp3) is 0.462. The van der Waals surface area contributed by atoms with Crippen molar-refractivity contribution in [2.24, 2.45) is 5.16 Å². The third-order valence-electron chi connectivity index (χ3n) is 3.26. The van der Waals surface area contributed by atoms with Crippen LogP contribution in [0.15, 0.2) is 23.4 Å². The van der Waals surface area contributed by atoms with Gasteiger partial charge in [-0.25, -0.2) is 0 Å². The topological polar surface area (TPSA) is 41.8 Å². The summed E-state index contributed by atoms with van der Waals surface area (Å²) in [6.07, 6.45) is 2.78. The minimum absolute atomic E-state index is 0.393. The quantitative estimate of drug-likeness (QED) is 0.508. The first-order chi connectivity index (χ1) is 8.30. The second-order valence-electron chi connectivity index (χ2n) is 4.23. The number of halogens is 1. The summed E-state index contributed by atoms with van der Waals surface area (Å²) in [7, 11) is 1.66. The molecular weight excluding hydrogens is 238 g/mol. The van der Waals surface area contributed by atoms with Crippen LogP contribution in [0.1, 0.15) is 36.3 Å². The van der Waals surface area contributed by atoms with Gasteiger partial charge in [-0.2, -0.15) is 0 Å². The van der Waals surface area contributed by atoms with Gasteiger partial charge >= 0.3 is 0 Å². The Morgan fingerprint density at radius 1 is 1.53 bits per heavy atom. The summed E-state index contributed by atoms with van der Waals surface area (Å²) in [5.41, 5.74) is 3.01. The Morgan fingerprint density at radius 2 is 2.35 bits per heavy atom. The first-order valence-electron chi connectivity index (χ1n) is 5.75. The van der Waals surface area contributed by atoms with Gasteiger partial charge in [-0.15, -0.1) is 11.6 Å². The minimum Gasteiger partial charge on any atom is -0.497 e. The highest BCUT2D eigenvalue weighted by Crippen LogP contribution is 2.38. The van der Waals surface area contributed by atoms with Gasteiger partial charge < -0.3 is 9.94 Å². The zero-order valence-corrected chi connectivity index (χ0v) is 10.6. The zero-order chi connectivity index (χ0) is 12.3. The molecule has 2 rings (SSSR count). The van der Waals surface area contributed by atoms with E-state index < -0.39 is 0 Å². The van der Waals surface area contributed by atoms with Crippen LogP contribution in [0.5, 0.6) is 5.75 Å². The number of fused-ring (bicyclic) bond motifs is 1. The minimum atomic E-state index is 0.393. The molecule has 0 saturated carbocycles. The Kier molecular flexibility index (Phi) is 3.89. The highest BCUT2D eigenvalue weighted by molar-refractivity contribution is 6.17. The second kappa shape index (κ2) is 5.41. The maximum atomic E-state index is 9.01. The maximum Gasteiger partial charge on any atom is 0.119 e. The van der Waals surface area contributed by atoms with Gasteiger partial charge in [0.05, 0.1) is 12.8 Å². The van der Waals surface area contributed by atoms with E-state index in [9.17, 15) is 0 Å². The van der Waals surface area contributed by atoms with Gasteiger partial charge in [0.15, 0.2) is 0 Å². The monoisotopic (exact) mass is 253 g/mol. The fourth-order valence-electron chi connectivity index (χ4n) is 2.40. The number of hydrogen-bond donors (Lipinski definition) is 1. The van der Waals surface area contributed by atoms with Crippen molar-refractivity contribution >= 4 is 17.3 Å². The lowest BCUT2D eigenvalue weighted by Gasteiger charge is -2.10. The highest BCUT2D eigenvalue weighted by atomic mass is 35.5. The molecule has 0 saturated heterocycles. The van der Waals surface area contributed by atoms with Crippen LogP contribution in [-0.2, 0) is 0 Å². The van der Waals surface area contributed by atoms with Crippen LogP contribution in [0.4, 0.5) is 0 Å². The molecule has 1 N–H and O–H groups in total. The van der Waals surface area contributed by atoms with Crippen LogP contribution in [0.3, 0.4) is 0 Å². The third kappa shape index (κ3) is 2.39. The Bertz CT molecular complexity index is 431. The molecule has 0 heterocycles. The fourth-order valence-corrected chi connectivity index (χ4v) is 2.55. The van der Waals surface area contributed by atoms with Crippen molar-refractivity contribution < 1.29 is 9.94 Å². The molecule has 92 valence electrons. The van der Waals surface area contributed by atoms with Crippen molar-refractivity contribution in [3.8, 4) is 5.75 Å². The number of rotatable bonds is 4. The molecule has 4 heteroatoms. The van der Waals surface area contributed by atoms with Gasteiger partial charge in [-0.05, 0) is 42.5 Å². The summed E-state index contributed by atoms with van der Waals surface area (Å²) >= 11 is 5.73. The Balaban J connectivity index is 2.32. The first kappa shape index (κ1) is 12.2. The van der Waals surface area contributed by atoms with Gasteiger partial charge in [-0.3, -0.25) is 0 Å². The highest BCUT2D eigenvalue weighted by Gasteiger charge is 2.28.